The molecule has 6 nitrogen and oxygen atoms in total. The first-order chi connectivity index (χ1) is 12.8. The zero-order valence-electron chi connectivity index (χ0n) is 15.6. The molecule has 150 valence electrons. The summed E-state index contributed by atoms with van der Waals surface area (Å²) in [5.41, 5.74) is 0.583. The van der Waals surface area contributed by atoms with Gasteiger partial charge in [-0.05, 0) is 13.0 Å². The molecule has 0 unspecified atom stereocenters. The molecule has 1 fully saturated rings. The van der Waals surface area contributed by atoms with Gasteiger partial charge in [0.2, 0.25) is 5.91 Å². The molecule has 1 aromatic carbocycles. The topological polar surface area (TPSA) is 57.2 Å². The lowest BCUT2D eigenvalue weighted by Gasteiger charge is -2.36. The molecule has 1 aliphatic rings. The number of para-hydroxylation sites is 1. The summed E-state index contributed by atoms with van der Waals surface area (Å²) in [7, 11) is 0. The lowest BCUT2D eigenvalue weighted by molar-refractivity contribution is -0.153. The van der Waals surface area contributed by atoms with E-state index in [1.165, 1.54) is 6.07 Å². The molecule has 1 saturated heterocycles. The molecule has 1 heterocycles. The number of hydrogen-bond donors (Lipinski definition) is 1. The van der Waals surface area contributed by atoms with E-state index in [4.69, 9.17) is 4.74 Å². The van der Waals surface area contributed by atoms with Gasteiger partial charge in [0.05, 0.1) is 6.54 Å². The molecule has 0 bridgehead atoms. The maximum Gasteiger partial charge on any atom is 0.422 e. The number of aliphatic imine (C=N–C) groups is 1. The summed E-state index contributed by atoms with van der Waals surface area (Å²) in [6.07, 6.45) is -4.39. The Morgan fingerprint density at radius 2 is 1.81 bits per heavy atom. The Labute approximate surface area is 157 Å². The Hall–Kier alpha value is -2.45. The van der Waals surface area contributed by atoms with Crippen molar-refractivity contribution >= 4 is 11.9 Å². The lowest BCUT2D eigenvalue weighted by Crippen LogP contribution is -2.53. The summed E-state index contributed by atoms with van der Waals surface area (Å²) in [6, 6.07) is 6.58. The third kappa shape index (κ3) is 6.65. The first-order valence-corrected chi connectivity index (χ1v) is 8.86. The summed E-state index contributed by atoms with van der Waals surface area (Å²) >= 11 is 0. The van der Waals surface area contributed by atoms with Gasteiger partial charge in [0, 0.05) is 45.2 Å². The number of benzene rings is 1. The van der Waals surface area contributed by atoms with Crippen LogP contribution in [0.3, 0.4) is 0 Å². The molecule has 0 aliphatic carbocycles. The molecule has 0 spiro atoms. The number of carbonyl (C=O) groups is 1. The molecular formula is C18H25F3N4O2. The van der Waals surface area contributed by atoms with Crippen LogP contribution in [0.15, 0.2) is 29.3 Å². The highest BCUT2D eigenvalue weighted by atomic mass is 19.4. The van der Waals surface area contributed by atoms with Crippen LogP contribution in [0.5, 0.6) is 5.75 Å². The molecule has 9 heteroatoms. The molecule has 2 rings (SSSR count). The minimum absolute atomic E-state index is 0.0485. The van der Waals surface area contributed by atoms with Crippen LogP contribution in [0.2, 0.25) is 0 Å². The minimum atomic E-state index is -4.39. The smallest absolute Gasteiger partial charge is 0.422 e. The van der Waals surface area contributed by atoms with Crippen molar-refractivity contribution in [1.82, 2.24) is 15.1 Å². The highest BCUT2D eigenvalue weighted by Crippen LogP contribution is 2.22. The number of piperazine rings is 1. The van der Waals surface area contributed by atoms with Gasteiger partial charge in [-0.25, -0.2) is 4.99 Å². The van der Waals surface area contributed by atoms with E-state index >= 15 is 0 Å². The van der Waals surface area contributed by atoms with Gasteiger partial charge in [0.25, 0.3) is 0 Å². The van der Waals surface area contributed by atoms with E-state index in [9.17, 15) is 18.0 Å². The van der Waals surface area contributed by atoms with Crippen LogP contribution < -0.4 is 10.1 Å². The normalized spacial score (nSPS) is 15.7. The molecule has 1 N–H and O–H groups in total. The third-order valence-corrected chi connectivity index (χ3v) is 4.12. The Kier molecular flexibility index (Phi) is 7.32. The summed E-state index contributed by atoms with van der Waals surface area (Å²) in [4.78, 5) is 19.8. The molecule has 27 heavy (non-hydrogen) atoms. The van der Waals surface area contributed by atoms with Gasteiger partial charge in [0.1, 0.15) is 5.75 Å². The van der Waals surface area contributed by atoms with E-state index in [0.29, 0.717) is 44.2 Å². The maximum absolute atomic E-state index is 12.4. The van der Waals surface area contributed by atoms with Crippen LogP contribution in [-0.4, -0.2) is 67.2 Å². The zero-order chi connectivity index (χ0) is 19.9. The fraction of sp³-hybridized carbons (Fsp3) is 0.556. The standard InChI is InChI=1S/C18H25F3N4O2/c1-3-22-17(25-10-8-24(9-11-25)14(2)26)23-12-15-6-4-5-7-16(15)27-13-18(19,20)21/h4-7H,3,8-13H2,1-2H3,(H,22,23). The van der Waals surface area contributed by atoms with Crippen LogP contribution in [0.4, 0.5) is 13.2 Å². The number of amides is 1. The number of guanidine groups is 1. The largest absolute Gasteiger partial charge is 0.484 e. The first-order valence-electron chi connectivity index (χ1n) is 8.86. The van der Waals surface area contributed by atoms with Crippen molar-refractivity contribution in [2.24, 2.45) is 4.99 Å². The van der Waals surface area contributed by atoms with E-state index in [-0.39, 0.29) is 18.2 Å². The molecule has 1 aliphatic heterocycles. The van der Waals surface area contributed by atoms with Crippen molar-refractivity contribution < 1.29 is 22.7 Å². The van der Waals surface area contributed by atoms with Gasteiger partial charge in [-0.15, -0.1) is 0 Å². The van der Waals surface area contributed by atoms with E-state index in [1.807, 2.05) is 11.8 Å². The second kappa shape index (κ2) is 9.48. The van der Waals surface area contributed by atoms with Crippen LogP contribution in [0.1, 0.15) is 19.4 Å². The molecule has 0 radical (unpaired) electrons. The van der Waals surface area contributed by atoms with Crippen molar-refractivity contribution in [2.75, 3.05) is 39.3 Å². The van der Waals surface area contributed by atoms with Crippen molar-refractivity contribution in [3.63, 3.8) is 0 Å². The Balaban J connectivity index is 2.06. The second-order valence-corrected chi connectivity index (χ2v) is 6.17. The summed E-state index contributed by atoms with van der Waals surface area (Å²) in [5, 5.41) is 3.19. The van der Waals surface area contributed by atoms with Crippen LogP contribution in [0.25, 0.3) is 0 Å². The monoisotopic (exact) mass is 386 g/mol. The molecular weight excluding hydrogens is 361 g/mol. The van der Waals surface area contributed by atoms with Gasteiger partial charge < -0.3 is 19.9 Å². The van der Waals surface area contributed by atoms with E-state index < -0.39 is 12.8 Å². The fourth-order valence-electron chi connectivity index (χ4n) is 2.75. The zero-order valence-corrected chi connectivity index (χ0v) is 15.6. The van der Waals surface area contributed by atoms with Gasteiger partial charge in [-0.2, -0.15) is 13.2 Å². The van der Waals surface area contributed by atoms with E-state index in [0.717, 1.165) is 0 Å². The Morgan fingerprint density at radius 3 is 2.41 bits per heavy atom. The molecule has 0 saturated carbocycles. The first kappa shape index (κ1) is 20.9. The highest BCUT2D eigenvalue weighted by molar-refractivity contribution is 5.80. The average Bonchev–Trinajstić information content (AvgIpc) is 2.63. The second-order valence-electron chi connectivity index (χ2n) is 6.17. The van der Waals surface area contributed by atoms with Crippen molar-refractivity contribution in [2.45, 2.75) is 26.6 Å². The number of carbonyl (C=O) groups excluding carboxylic acids is 1. The predicted octanol–water partition coefficient (Wildman–Crippen LogP) is 2.26. The Morgan fingerprint density at radius 1 is 1.19 bits per heavy atom. The number of nitrogens with one attached hydrogen (secondary N) is 1. The average molecular weight is 386 g/mol. The lowest BCUT2D eigenvalue weighted by atomic mass is 10.2. The number of rotatable bonds is 5. The summed E-state index contributed by atoms with van der Waals surface area (Å²) < 4.78 is 42.2. The summed E-state index contributed by atoms with van der Waals surface area (Å²) in [5.74, 6) is 0.898. The van der Waals surface area contributed by atoms with Crippen LogP contribution in [-0.2, 0) is 11.3 Å². The van der Waals surface area contributed by atoms with Crippen molar-refractivity contribution in [1.29, 1.82) is 0 Å². The van der Waals surface area contributed by atoms with Gasteiger partial charge in [0.15, 0.2) is 12.6 Å². The number of halogens is 3. The Bertz CT molecular complexity index is 656. The molecule has 0 aromatic heterocycles. The van der Waals surface area contributed by atoms with Gasteiger partial charge in [-0.1, -0.05) is 18.2 Å². The SMILES string of the molecule is CCNC(=NCc1ccccc1OCC(F)(F)F)N1CCN(C(C)=O)CC1. The molecule has 0 atom stereocenters. The van der Waals surface area contributed by atoms with E-state index in [2.05, 4.69) is 10.3 Å². The molecule has 1 aromatic rings. The minimum Gasteiger partial charge on any atom is -0.484 e. The van der Waals surface area contributed by atoms with Gasteiger partial charge >= 0.3 is 6.18 Å². The van der Waals surface area contributed by atoms with Crippen LogP contribution >= 0.6 is 0 Å². The number of nitrogens with zero attached hydrogens (tertiary/aromatic N) is 3. The number of hydrogen-bond acceptors (Lipinski definition) is 3. The number of ether oxygens (including phenoxy) is 1. The quantitative estimate of drug-likeness (QED) is 0.623. The highest BCUT2D eigenvalue weighted by Gasteiger charge is 2.28. The third-order valence-electron chi connectivity index (χ3n) is 4.12. The fourth-order valence-corrected chi connectivity index (χ4v) is 2.75. The van der Waals surface area contributed by atoms with Crippen molar-refractivity contribution in [3.8, 4) is 5.75 Å². The number of alkyl halides is 3. The predicted molar refractivity (Wildman–Crippen MR) is 96.6 cm³/mol. The van der Waals surface area contributed by atoms with Crippen LogP contribution in [0, 0.1) is 0 Å². The van der Waals surface area contributed by atoms with Gasteiger partial charge in [-0.3, -0.25) is 4.79 Å². The summed E-state index contributed by atoms with van der Waals surface area (Å²) in [6.45, 7) is 5.56. The molecule has 1 amide bonds. The van der Waals surface area contributed by atoms with E-state index in [1.54, 1.807) is 30.0 Å². The maximum atomic E-state index is 12.4. The van der Waals surface area contributed by atoms with Crippen molar-refractivity contribution in [3.05, 3.63) is 29.8 Å².